The number of aromatic nitrogens is 1. The van der Waals surface area contributed by atoms with Crippen molar-refractivity contribution in [3.63, 3.8) is 0 Å². The lowest BCUT2D eigenvalue weighted by atomic mass is 10.1. The zero-order chi connectivity index (χ0) is 21.6. The molecule has 3 aromatic rings. The summed E-state index contributed by atoms with van der Waals surface area (Å²) in [5.41, 5.74) is 4.24. The molecule has 0 saturated heterocycles. The van der Waals surface area contributed by atoms with E-state index in [0.29, 0.717) is 25.5 Å². The van der Waals surface area contributed by atoms with Gasteiger partial charge in [0, 0.05) is 55.9 Å². The number of carbonyl (C=O) groups excluding carboxylic acids is 1. The Bertz CT molecular complexity index is 1100. The van der Waals surface area contributed by atoms with Crippen molar-refractivity contribution in [2.75, 3.05) is 31.6 Å². The summed E-state index contributed by atoms with van der Waals surface area (Å²) in [4.78, 5) is 21.8. The van der Waals surface area contributed by atoms with Crippen LogP contribution >= 0.6 is 24.0 Å². The number of guanidine groups is 1. The predicted octanol–water partition coefficient (Wildman–Crippen LogP) is 4.00. The summed E-state index contributed by atoms with van der Waals surface area (Å²) in [6.07, 6.45) is 4.89. The Morgan fingerprint density at radius 3 is 2.84 bits per heavy atom. The average Bonchev–Trinajstić information content (AvgIpc) is 3.39. The molecule has 0 unspecified atom stereocenters. The Morgan fingerprint density at radius 2 is 2.00 bits per heavy atom. The molecule has 0 aliphatic carbocycles. The molecule has 32 heavy (non-hydrogen) atoms. The number of nitrogens with zero attached hydrogens (tertiary/aromatic N) is 2. The summed E-state index contributed by atoms with van der Waals surface area (Å²) in [7, 11) is 1.73. The van der Waals surface area contributed by atoms with Gasteiger partial charge < -0.3 is 20.5 Å². The maximum Gasteiger partial charge on any atom is 0.227 e. The smallest absolute Gasteiger partial charge is 0.227 e. The van der Waals surface area contributed by atoms with Gasteiger partial charge in [0.1, 0.15) is 5.82 Å². The first-order valence-corrected chi connectivity index (χ1v) is 10.7. The van der Waals surface area contributed by atoms with E-state index in [1.54, 1.807) is 13.1 Å². The molecule has 2 heterocycles. The van der Waals surface area contributed by atoms with Gasteiger partial charge >= 0.3 is 0 Å². The van der Waals surface area contributed by atoms with Crippen LogP contribution in [0.2, 0.25) is 0 Å². The Balaban J connectivity index is 0.00000289. The van der Waals surface area contributed by atoms with Crippen LogP contribution < -0.4 is 15.5 Å². The number of aromatic amines is 1. The summed E-state index contributed by atoms with van der Waals surface area (Å²) >= 11 is 0. The van der Waals surface area contributed by atoms with E-state index in [-0.39, 0.29) is 35.7 Å². The van der Waals surface area contributed by atoms with Gasteiger partial charge in [-0.05, 0) is 54.7 Å². The van der Waals surface area contributed by atoms with E-state index in [0.717, 1.165) is 48.0 Å². The summed E-state index contributed by atoms with van der Waals surface area (Å²) < 4.78 is 13.3. The van der Waals surface area contributed by atoms with Crippen molar-refractivity contribution in [2.45, 2.75) is 25.7 Å². The van der Waals surface area contributed by atoms with Gasteiger partial charge in [0.05, 0.1) is 0 Å². The molecule has 6 nitrogen and oxygen atoms in total. The van der Waals surface area contributed by atoms with E-state index >= 15 is 0 Å². The predicted molar refractivity (Wildman–Crippen MR) is 138 cm³/mol. The van der Waals surface area contributed by atoms with Gasteiger partial charge in [-0.25, -0.2) is 4.39 Å². The number of hydrogen-bond acceptors (Lipinski definition) is 2. The first-order valence-electron chi connectivity index (χ1n) is 10.7. The molecule has 4 rings (SSSR count). The number of rotatable bonds is 7. The van der Waals surface area contributed by atoms with E-state index < -0.39 is 0 Å². The van der Waals surface area contributed by atoms with Crippen molar-refractivity contribution in [1.82, 2.24) is 15.6 Å². The van der Waals surface area contributed by atoms with Gasteiger partial charge in [-0.15, -0.1) is 24.0 Å². The van der Waals surface area contributed by atoms with Crippen LogP contribution in [-0.4, -0.2) is 43.5 Å². The molecule has 0 spiro atoms. The maximum atomic E-state index is 13.3. The Morgan fingerprint density at radius 1 is 1.19 bits per heavy atom. The lowest BCUT2D eigenvalue weighted by Crippen LogP contribution is -2.39. The highest BCUT2D eigenvalue weighted by Crippen LogP contribution is 2.28. The number of para-hydroxylation sites is 1. The number of anilines is 1. The van der Waals surface area contributed by atoms with Crippen molar-refractivity contribution in [3.8, 4) is 0 Å². The number of nitrogens with one attached hydrogen (secondary N) is 3. The monoisotopic (exact) mass is 549 g/mol. The van der Waals surface area contributed by atoms with E-state index in [1.807, 2.05) is 29.3 Å². The quantitative estimate of drug-likeness (QED) is 0.181. The van der Waals surface area contributed by atoms with Gasteiger partial charge in [-0.3, -0.25) is 9.79 Å². The molecule has 3 N–H and O–H groups in total. The highest BCUT2D eigenvalue weighted by molar-refractivity contribution is 14.0. The van der Waals surface area contributed by atoms with E-state index in [1.165, 1.54) is 17.7 Å². The molecule has 170 valence electrons. The highest BCUT2D eigenvalue weighted by Gasteiger charge is 2.23. The lowest BCUT2D eigenvalue weighted by Gasteiger charge is -2.17. The molecular formula is C24H29FIN5O. The number of H-pyrrole nitrogens is 1. The highest BCUT2D eigenvalue weighted by atomic mass is 127. The van der Waals surface area contributed by atoms with Gasteiger partial charge in [-0.1, -0.05) is 18.2 Å². The second-order valence-electron chi connectivity index (χ2n) is 7.71. The fraction of sp³-hybridized carbons (Fsp3) is 0.333. The minimum absolute atomic E-state index is 0. The molecular weight excluding hydrogens is 520 g/mol. The third kappa shape index (κ3) is 5.59. The van der Waals surface area contributed by atoms with Crippen molar-refractivity contribution in [3.05, 3.63) is 65.6 Å². The fourth-order valence-electron chi connectivity index (χ4n) is 4.08. The first kappa shape index (κ1) is 24.0. The van der Waals surface area contributed by atoms with Crippen LogP contribution in [-0.2, 0) is 17.6 Å². The average molecular weight is 549 g/mol. The van der Waals surface area contributed by atoms with Crippen LogP contribution in [0.25, 0.3) is 10.9 Å². The summed E-state index contributed by atoms with van der Waals surface area (Å²) in [5, 5.41) is 7.60. The minimum Gasteiger partial charge on any atom is -0.361 e. The minimum atomic E-state index is -0.240. The molecule has 1 aliphatic rings. The zero-order valence-electron chi connectivity index (χ0n) is 18.2. The van der Waals surface area contributed by atoms with Crippen LogP contribution in [0.3, 0.4) is 0 Å². The number of fused-ring (bicyclic) bond motifs is 2. The van der Waals surface area contributed by atoms with Crippen LogP contribution in [0.5, 0.6) is 0 Å². The SMILES string of the molecule is CN=C(NCCCC(=O)N1CCc2ccccc21)NCCc1c[nH]c2cc(F)ccc12.I. The standard InChI is InChI=1S/C24H28FN5O.HI/c1-26-24(28-13-10-18-16-29-21-15-19(25)8-9-20(18)21)27-12-4-7-23(31)30-14-11-17-5-2-3-6-22(17)30;/h2-3,5-6,8-9,15-16,29H,4,7,10-14H2,1H3,(H2,26,27,28);1H. The van der Waals surface area contributed by atoms with Crippen LogP contribution in [0.15, 0.2) is 53.7 Å². The largest absolute Gasteiger partial charge is 0.361 e. The van der Waals surface area contributed by atoms with Crippen molar-refractivity contribution < 1.29 is 9.18 Å². The molecule has 0 saturated carbocycles. The summed E-state index contributed by atoms with van der Waals surface area (Å²) in [6.45, 7) is 2.15. The molecule has 1 aliphatic heterocycles. The number of halogens is 2. The van der Waals surface area contributed by atoms with Gasteiger partial charge in [0.15, 0.2) is 5.96 Å². The van der Waals surface area contributed by atoms with Crippen LogP contribution in [0.4, 0.5) is 10.1 Å². The Hall–Kier alpha value is -2.62. The van der Waals surface area contributed by atoms with Crippen molar-refractivity contribution in [2.24, 2.45) is 4.99 Å². The molecule has 1 aromatic heterocycles. The Kier molecular flexibility index (Phi) is 8.49. The topological polar surface area (TPSA) is 72.5 Å². The van der Waals surface area contributed by atoms with Crippen molar-refractivity contribution >= 4 is 52.4 Å². The number of amides is 1. The second kappa shape index (κ2) is 11.3. The van der Waals surface area contributed by atoms with Gasteiger partial charge in [-0.2, -0.15) is 0 Å². The number of aliphatic imine (C=N–C) groups is 1. The molecule has 1 amide bonds. The molecule has 8 heteroatoms. The third-order valence-corrected chi connectivity index (χ3v) is 5.69. The van der Waals surface area contributed by atoms with E-state index in [2.05, 4.69) is 26.7 Å². The van der Waals surface area contributed by atoms with Gasteiger partial charge in [0.2, 0.25) is 5.91 Å². The third-order valence-electron chi connectivity index (χ3n) is 5.69. The normalized spacial score (nSPS) is 13.1. The first-order chi connectivity index (χ1) is 15.2. The molecule has 0 atom stereocenters. The molecule has 0 bridgehead atoms. The fourth-order valence-corrected chi connectivity index (χ4v) is 4.08. The van der Waals surface area contributed by atoms with Crippen LogP contribution in [0.1, 0.15) is 24.0 Å². The van der Waals surface area contributed by atoms with Crippen LogP contribution in [0, 0.1) is 5.82 Å². The second-order valence-corrected chi connectivity index (χ2v) is 7.71. The maximum absolute atomic E-state index is 13.3. The molecule has 0 radical (unpaired) electrons. The summed E-state index contributed by atoms with van der Waals surface area (Å²) in [6, 6.07) is 12.9. The van der Waals surface area contributed by atoms with Crippen molar-refractivity contribution in [1.29, 1.82) is 0 Å². The Labute approximate surface area is 204 Å². The lowest BCUT2D eigenvalue weighted by molar-refractivity contribution is -0.118. The van der Waals surface area contributed by atoms with E-state index in [4.69, 9.17) is 0 Å². The summed E-state index contributed by atoms with van der Waals surface area (Å²) in [5.74, 6) is 0.645. The van der Waals surface area contributed by atoms with Gasteiger partial charge in [0.25, 0.3) is 0 Å². The number of carbonyl (C=O) groups is 1. The molecule has 2 aromatic carbocycles. The molecule has 0 fully saturated rings. The number of benzene rings is 2. The zero-order valence-corrected chi connectivity index (χ0v) is 20.5. The number of hydrogen-bond donors (Lipinski definition) is 3. The van der Waals surface area contributed by atoms with E-state index in [9.17, 15) is 9.18 Å².